The molecule has 90 valence electrons. The second-order valence-electron chi connectivity index (χ2n) is 3.75. The second kappa shape index (κ2) is 4.72. The molecule has 5 heteroatoms. The minimum Gasteiger partial charge on any atom is -0.383 e. The summed E-state index contributed by atoms with van der Waals surface area (Å²) in [6.45, 7) is 3.68. The first-order chi connectivity index (χ1) is 7.99. The highest BCUT2D eigenvalue weighted by molar-refractivity contribution is 7.11. The van der Waals surface area contributed by atoms with E-state index in [9.17, 15) is 9.50 Å². The van der Waals surface area contributed by atoms with Gasteiger partial charge in [0.2, 0.25) is 0 Å². The average molecular weight is 272 g/mol. The number of thiazole rings is 1. The van der Waals surface area contributed by atoms with Crippen LogP contribution < -0.4 is 0 Å². The fourth-order valence-corrected chi connectivity index (χ4v) is 2.82. The minimum atomic E-state index is -0.926. The molecule has 0 radical (unpaired) electrons. The Bertz CT molecular complexity index is 555. The Morgan fingerprint density at radius 2 is 2.12 bits per heavy atom. The van der Waals surface area contributed by atoms with E-state index in [2.05, 4.69) is 4.98 Å². The SMILES string of the molecule is Cc1nc(C)c(C(O)c2cc(F)ccc2Cl)s1. The summed E-state index contributed by atoms with van der Waals surface area (Å²) in [4.78, 5) is 4.94. The van der Waals surface area contributed by atoms with Crippen LogP contribution in [0.1, 0.15) is 27.2 Å². The number of rotatable bonds is 2. The van der Waals surface area contributed by atoms with Crippen molar-refractivity contribution in [3.05, 3.63) is 50.2 Å². The molecule has 0 bridgehead atoms. The summed E-state index contributed by atoms with van der Waals surface area (Å²) in [5.41, 5.74) is 1.12. The molecule has 1 aromatic heterocycles. The number of halogens is 2. The predicted molar refractivity (Wildman–Crippen MR) is 67.1 cm³/mol. The van der Waals surface area contributed by atoms with Crippen LogP contribution in [0.15, 0.2) is 18.2 Å². The van der Waals surface area contributed by atoms with E-state index in [0.717, 1.165) is 10.7 Å². The number of hydrogen-bond donors (Lipinski definition) is 1. The summed E-state index contributed by atoms with van der Waals surface area (Å²) >= 11 is 7.35. The Hall–Kier alpha value is -0.970. The van der Waals surface area contributed by atoms with E-state index in [-0.39, 0.29) is 0 Å². The Balaban J connectivity index is 2.46. The van der Waals surface area contributed by atoms with Crippen LogP contribution in [0, 0.1) is 19.7 Å². The van der Waals surface area contributed by atoms with Crippen molar-refractivity contribution in [1.29, 1.82) is 0 Å². The van der Waals surface area contributed by atoms with Crippen molar-refractivity contribution in [2.24, 2.45) is 0 Å². The summed E-state index contributed by atoms with van der Waals surface area (Å²) in [7, 11) is 0. The fourth-order valence-electron chi connectivity index (χ4n) is 1.67. The van der Waals surface area contributed by atoms with Gasteiger partial charge in [0.25, 0.3) is 0 Å². The molecular weight excluding hydrogens is 261 g/mol. The molecule has 0 fully saturated rings. The van der Waals surface area contributed by atoms with Gasteiger partial charge in [-0.3, -0.25) is 0 Å². The van der Waals surface area contributed by atoms with Gasteiger partial charge in [-0.15, -0.1) is 11.3 Å². The van der Waals surface area contributed by atoms with E-state index < -0.39 is 11.9 Å². The topological polar surface area (TPSA) is 33.1 Å². The standard InChI is InChI=1S/C12H11ClFNOS/c1-6-12(17-7(2)15-6)11(16)9-5-8(14)3-4-10(9)13/h3-5,11,16H,1-2H3. The maximum atomic E-state index is 13.1. The first kappa shape index (κ1) is 12.5. The quantitative estimate of drug-likeness (QED) is 0.905. The molecule has 0 saturated heterocycles. The van der Waals surface area contributed by atoms with Gasteiger partial charge in [-0.05, 0) is 32.0 Å². The lowest BCUT2D eigenvalue weighted by Gasteiger charge is -2.11. The summed E-state index contributed by atoms with van der Waals surface area (Å²) in [6, 6.07) is 3.96. The molecule has 1 aromatic carbocycles. The molecule has 0 aliphatic heterocycles. The van der Waals surface area contributed by atoms with E-state index in [4.69, 9.17) is 11.6 Å². The zero-order chi connectivity index (χ0) is 12.6. The lowest BCUT2D eigenvalue weighted by Crippen LogP contribution is -2.00. The molecule has 1 heterocycles. The van der Waals surface area contributed by atoms with Crippen LogP contribution in [0.25, 0.3) is 0 Å². The van der Waals surface area contributed by atoms with Crippen LogP contribution in [-0.2, 0) is 0 Å². The van der Waals surface area contributed by atoms with Crippen molar-refractivity contribution >= 4 is 22.9 Å². The number of aryl methyl sites for hydroxylation is 2. The molecule has 1 N–H and O–H groups in total. The Labute approximate surface area is 108 Å². The third kappa shape index (κ3) is 2.49. The second-order valence-corrected chi connectivity index (χ2v) is 5.39. The largest absolute Gasteiger partial charge is 0.383 e. The smallest absolute Gasteiger partial charge is 0.123 e. The molecule has 0 aliphatic carbocycles. The first-order valence-electron chi connectivity index (χ1n) is 5.06. The number of aliphatic hydroxyl groups is 1. The van der Waals surface area contributed by atoms with Crippen LogP contribution in [0.2, 0.25) is 5.02 Å². The molecule has 2 nitrogen and oxygen atoms in total. The van der Waals surface area contributed by atoms with E-state index in [1.165, 1.54) is 29.5 Å². The van der Waals surface area contributed by atoms with Crippen molar-refractivity contribution < 1.29 is 9.50 Å². The van der Waals surface area contributed by atoms with Crippen molar-refractivity contribution in [3.8, 4) is 0 Å². The van der Waals surface area contributed by atoms with Crippen molar-refractivity contribution in [2.75, 3.05) is 0 Å². The summed E-state index contributed by atoms with van der Waals surface area (Å²) in [6.07, 6.45) is -0.926. The molecule has 0 amide bonds. The number of benzene rings is 1. The van der Waals surface area contributed by atoms with Crippen LogP contribution in [0.4, 0.5) is 4.39 Å². The molecular formula is C12H11ClFNOS. The number of hydrogen-bond acceptors (Lipinski definition) is 3. The average Bonchev–Trinajstić information content (AvgIpc) is 2.60. The summed E-state index contributed by atoms with van der Waals surface area (Å²) in [5, 5.41) is 11.4. The third-order valence-corrected chi connectivity index (χ3v) is 3.91. The van der Waals surface area contributed by atoms with Crippen LogP contribution in [-0.4, -0.2) is 10.1 Å². The molecule has 0 aliphatic rings. The van der Waals surface area contributed by atoms with Gasteiger partial charge in [0.05, 0.1) is 15.6 Å². The molecule has 1 atom stereocenters. The van der Waals surface area contributed by atoms with Gasteiger partial charge in [-0.2, -0.15) is 0 Å². The highest BCUT2D eigenvalue weighted by Crippen LogP contribution is 2.33. The van der Waals surface area contributed by atoms with Crippen molar-refractivity contribution in [2.45, 2.75) is 20.0 Å². The monoisotopic (exact) mass is 271 g/mol. The lowest BCUT2D eigenvalue weighted by molar-refractivity contribution is 0.222. The number of aliphatic hydroxyl groups excluding tert-OH is 1. The maximum Gasteiger partial charge on any atom is 0.123 e. The third-order valence-electron chi connectivity index (χ3n) is 2.44. The fraction of sp³-hybridized carbons (Fsp3) is 0.250. The Morgan fingerprint density at radius 3 is 2.71 bits per heavy atom. The first-order valence-corrected chi connectivity index (χ1v) is 6.25. The summed E-state index contributed by atoms with van der Waals surface area (Å²) in [5.74, 6) is -0.414. The normalized spacial score (nSPS) is 12.8. The van der Waals surface area contributed by atoms with Gasteiger partial charge in [0, 0.05) is 10.6 Å². The molecule has 2 rings (SSSR count). The van der Waals surface area contributed by atoms with E-state index in [1.807, 2.05) is 13.8 Å². The van der Waals surface area contributed by atoms with E-state index in [0.29, 0.717) is 15.5 Å². The van der Waals surface area contributed by atoms with Crippen molar-refractivity contribution in [3.63, 3.8) is 0 Å². The number of nitrogens with zero attached hydrogens (tertiary/aromatic N) is 1. The van der Waals surface area contributed by atoms with E-state index in [1.54, 1.807) is 0 Å². The van der Waals surface area contributed by atoms with E-state index >= 15 is 0 Å². The molecule has 17 heavy (non-hydrogen) atoms. The highest BCUT2D eigenvalue weighted by Gasteiger charge is 2.19. The predicted octanol–water partition coefficient (Wildman–Crippen LogP) is 3.63. The zero-order valence-electron chi connectivity index (χ0n) is 9.37. The Kier molecular flexibility index (Phi) is 3.47. The summed E-state index contributed by atoms with van der Waals surface area (Å²) < 4.78 is 13.1. The van der Waals surface area contributed by atoms with Gasteiger partial charge >= 0.3 is 0 Å². The highest BCUT2D eigenvalue weighted by atomic mass is 35.5. The van der Waals surface area contributed by atoms with Gasteiger partial charge in [0.15, 0.2) is 0 Å². The van der Waals surface area contributed by atoms with Gasteiger partial charge < -0.3 is 5.11 Å². The maximum absolute atomic E-state index is 13.1. The van der Waals surface area contributed by atoms with Crippen molar-refractivity contribution in [1.82, 2.24) is 4.98 Å². The molecule has 1 unspecified atom stereocenters. The van der Waals surface area contributed by atoms with Crippen LogP contribution in [0.5, 0.6) is 0 Å². The molecule has 0 saturated carbocycles. The lowest BCUT2D eigenvalue weighted by atomic mass is 10.1. The van der Waals surface area contributed by atoms with Gasteiger partial charge in [-0.1, -0.05) is 11.6 Å². The Morgan fingerprint density at radius 1 is 1.41 bits per heavy atom. The van der Waals surface area contributed by atoms with Gasteiger partial charge in [0.1, 0.15) is 11.9 Å². The van der Waals surface area contributed by atoms with Crippen LogP contribution >= 0.6 is 22.9 Å². The molecule has 0 spiro atoms. The molecule has 2 aromatic rings. The number of aromatic nitrogens is 1. The minimum absolute atomic E-state index is 0.351. The van der Waals surface area contributed by atoms with Gasteiger partial charge in [-0.25, -0.2) is 9.37 Å². The van der Waals surface area contributed by atoms with Crippen LogP contribution in [0.3, 0.4) is 0 Å². The zero-order valence-corrected chi connectivity index (χ0v) is 10.9.